The Morgan fingerprint density at radius 1 is 0.895 bits per heavy atom. The van der Waals surface area contributed by atoms with Crippen LogP contribution in [-0.2, 0) is 0 Å². The highest BCUT2D eigenvalue weighted by atomic mass is 16.4. The monoisotopic (exact) mass is 253 g/mol. The molecule has 5 nitrogen and oxygen atoms in total. The van der Waals surface area contributed by atoms with Crippen LogP contribution in [0.5, 0.6) is 0 Å². The smallest absolute Gasteiger partial charge is 0.423 e. The average molecular weight is 253 g/mol. The normalized spacial score (nSPS) is 9.58. The van der Waals surface area contributed by atoms with Gasteiger partial charge in [0.2, 0.25) is 0 Å². The van der Waals surface area contributed by atoms with Gasteiger partial charge in [-0.3, -0.25) is 4.98 Å². The summed E-state index contributed by atoms with van der Waals surface area (Å²) in [5, 5.41) is 18.2. The quantitative estimate of drug-likeness (QED) is 0.613. The highest BCUT2D eigenvalue weighted by Gasteiger charge is 2.07. The summed E-state index contributed by atoms with van der Waals surface area (Å²) < 4.78 is 0. The molecule has 3 aromatic rings. The number of aromatic nitrogens is 3. The Kier molecular flexibility index (Phi) is 4.55. The van der Waals surface area contributed by atoms with Crippen LogP contribution < -0.4 is 5.46 Å². The zero-order chi connectivity index (χ0) is 13.5. The molecule has 0 atom stereocenters. The van der Waals surface area contributed by atoms with Crippen LogP contribution in [-0.4, -0.2) is 32.1 Å². The molecule has 94 valence electrons. The standard InChI is InChI=1S/C8H6N2.C5H6BNO2/c1-2-4-8-7(3-1)5-9-6-10-8;8-6(9)5-1-3-7-4-2-5/h1-6H;1-4,8-9H. The molecule has 3 rings (SSSR count). The van der Waals surface area contributed by atoms with Crippen molar-refractivity contribution in [1.82, 2.24) is 15.0 Å². The van der Waals surface area contributed by atoms with Gasteiger partial charge in [0.15, 0.2) is 0 Å². The van der Waals surface area contributed by atoms with E-state index in [1.807, 2.05) is 30.5 Å². The van der Waals surface area contributed by atoms with Crippen LogP contribution in [0.1, 0.15) is 0 Å². The van der Waals surface area contributed by atoms with E-state index in [-0.39, 0.29) is 0 Å². The molecule has 2 aromatic heterocycles. The minimum atomic E-state index is -1.38. The summed E-state index contributed by atoms with van der Waals surface area (Å²) in [5.74, 6) is 0. The van der Waals surface area contributed by atoms with Gasteiger partial charge in [0.05, 0.1) is 5.52 Å². The maximum atomic E-state index is 8.55. The molecule has 0 unspecified atom stereocenters. The summed E-state index contributed by atoms with van der Waals surface area (Å²) >= 11 is 0. The second-order valence-corrected chi connectivity index (χ2v) is 3.74. The van der Waals surface area contributed by atoms with Crippen molar-refractivity contribution in [2.24, 2.45) is 0 Å². The van der Waals surface area contributed by atoms with Crippen LogP contribution in [0.2, 0.25) is 0 Å². The van der Waals surface area contributed by atoms with Gasteiger partial charge < -0.3 is 10.0 Å². The Morgan fingerprint density at radius 2 is 1.63 bits per heavy atom. The van der Waals surface area contributed by atoms with Gasteiger partial charge in [0.25, 0.3) is 0 Å². The van der Waals surface area contributed by atoms with Crippen LogP contribution in [0.3, 0.4) is 0 Å². The first-order valence-electron chi connectivity index (χ1n) is 5.68. The third-order valence-electron chi connectivity index (χ3n) is 2.42. The third-order valence-corrected chi connectivity index (χ3v) is 2.42. The maximum absolute atomic E-state index is 8.55. The van der Waals surface area contributed by atoms with E-state index in [9.17, 15) is 0 Å². The number of pyridine rings is 1. The van der Waals surface area contributed by atoms with Crippen LogP contribution in [0.4, 0.5) is 0 Å². The molecule has 0 fully saturated rings. The number of hydrogen-bond donors (Lipinski definition) is 2. The molecule has 19 heavy (non-hydrogen) atoms. The maximum Gasteiger partial charge on any atom is 0.488 e. The van der Waals surface area contributed by atoms with Gasteiger partial charge in [-0.1, -0.05) is 18.2 Å². The van der Waals surface area contributed by atoms with E-state index in [4.69, 9.17) is 10.0 Å². The summed E-state index contributed by atoms with van der Waals surface area (Å²) in [5.41, 5.74) is 1.46. The molecule has 2 heterocycles. The van der Waals surface area contributed by atoms with Gasteiger partial charge in [0.1, 0.15) is 6.33 Å². The van der Waals surface area contributed by atoms with Crippen molar-refractivity contribution >= 4 is 23.5 Å². The number of hydrogen-bond acceptors (Lipinski definition) is 5. The van der Waals surface area contributed by atoms with E-state index < -0.39 is 7.12 Å². The Morgan fingerprint density at radius 3 is 2.26 bits per heavy atom. The Bertz CT molecular complexity index is 569. The van der Waals surface area contributed by atoms with Crippen LogP contribution in [0.15, 0.2) is 61.3 Å². The average Bonchev–Trinajstić information content (AvgIpc) is 2.49. The molecule has 0 aliphatic carbocycles. The summed E-state index contributed by atoms with van der Waals surface area (Å²) in [6.45, 7) is 0. The first kappa shape index (κ1) is 13.1. The second-order valence-electron chi connectivity index (χ2n) is 3.74. The fraction of sp³-hybridized carbons (Fsp3) is 0. The molecule has 6 heteroatoms. The molecule has 0 saturated carbocycles. The first-order valence-corrected chi connectivity index (χ1v) is 5.68. The van der Waals surface area contributed by atoms with E-state index in [2.05, 4.69) is 15.0 Å². The van der Waals surface area contributed by atoms with Crippen LogP contribution in [0, 0.1) is 0 Å². The van der Waals surface area contributed by atoms with Gasteiger partial charge in [-0.2, -0.15) is 0 Å². The largest absolute Gasteiger partial charge is 0.488 e. The highest BCUT2D eigenvalue weighted by Crippen LogP contribution is 2.06. The Balaban J connectivity index is 0.000000141. The van der Waals surface area contributed by atoms with Crippen molar-refractivity contribution in [3.8, 4) is 0 Å². The van der Waals surface area contributed by atoms with E-state index in [1.165, 1.54) is 12.4 Å². The van der Waals surface area contributed by atoms with Crippen molar-refractivity contribution in [3.05, 3.63) is 61.3 Å². The lowest BCUT2D eigenvalue weighted by molar-refractivity contribution is 0.425. The van der Waals surface area contributed by atoms with Gasteiger partial charge in [-0.05, 0) is 23.7 Å². The van der Waals surface area contributed by atoms with E-state index in [0.29, 0.717) is 5.46 Å². The molecule has 0 radical (unpaired) electrons. The summed E-state index contributed by atoms with van der Waals surface area (Å²) in [6, 6.07) is 11.0. The molecule has 1 aromatic carbocycles. The molecule has 0 spiro atoms. The lowest BCUT2D eigenvalue weighted by Gasteiger charge is -1.93. The SMILES string of the molecule is OB(O)c1ccncc1.c1ccc2ncncc2c1. The van der Waals surface area contributed by atoms with Gasteiger partial charge >= 0.3 is 7.12 Å². The molecule has 0 aliphatic heterocycles. The van der Waals surface area contributed by atoms with Gasteiger partial charge in [-0.15, -0.1) is 0 Å². The predicted octanol–water partition coefficient (Wildman–Crippen LogP) is 0.391. The summed E-state index contributed by atoms with van der Waals surface area (Å²) in [6.07, 6.45) is 6.38. The van der Waals surface area contributed by atoms with Crippen molar-refractivity contribution < 1.29 is 10.0 Å². The number of rotatable bonds is 1. The highest BCUT2D eigenvalue weighted by molar-refractivity contribution is 6.58. The second kappa shape index (κ2) is 6.58. The predicted molar refractivity (Wildman–Crippen MR) is 73.6 cm³/mol. The number of fused-ring (bicyclic) bond motifs is 1. The Hall–Kier alpha value is -2.31. The fourth-order valence-corrected chi connectivity index (χ4v) is 1.46. The lowest BCUT2D eigenvalue weighted by Crippen LogP contribution is -2.29. The molecule has 0 saturated heterocycles. The Labute approximate surface area is 110 Å². The molecular weight excluding hydrogens is 241 g/mol. The van der Waals surface area contributed by atoms with Crippen molar-refractivity contribution in [2.45, 2.75) is 0 Å². The zero-order valence-corrected chi connectivity index (χ0v) is 10.1. The topological polar surface area (TPSA) is 79.1 Å². The molecule has 0 amide bonds. The minimum absolute atomic E-state index is 0.463. The van der Waals surface area contributed by atoms with Crippen LogP contribution in [0.25, 0.3) is 10.9 Å². The van der Waals surface area contributed by atoms with Crippen molar-refractivity contribution in [2.75, 3.05) is 0 Å². The molecule has 0 aliphatic rings. The van der Waals surface area contributed by atoms with Crippen molar-refractivity contribution in [1.29, 1.82) is 0 Å². The van der Waals surface area contributed by atoms with Gasteiger partial charge in [0, 0.05) is 24.0 Å². The minimum Gasteiger partial charge on any atom is -0.423 e. The van der Waals surface area contributed by atoms with E-state index in [1.54, 1.807) is 18.5 Å². The molecular formula is C13H12BN3O2. The fourth-order valence-electron chi connectivity index (χ4n) is 1.46. The van der Waals surface area contributed by atoms with Crippen molar-refractivity contribution in [3.63, 3.8) is 0 Å². The summed E-state index contributed by atoms with van der Waals surface area (Å²) in [4.78, 5) is 11.7. The lowest BCUT2D eigenvalue weighted by atomic mass is 9.81. The molecule has 0 bridgehead atoms. The zero-order valence-electron chi connectivity index (χ0n) is 10.1. The van der Waals surface area contributed by atoms with E-state index >= 15 is 0 Å². The number of benzene rings is 1. The van der Waals surface area contributed by atoms with Gasteiger partial charge in [-0.25, -0.2) is 9.97 Å². The number of nitrogens with zero attached hydrogens (tertiary/aromatic N) is 3. The summed E-state index contributed by atoms with van der Waals surface area (Å²) in [7, 11) is -1.38. The van der Waals surface area contributed by atoms with Crippen LogP contribution >= 0.6 is 0 Å². The third kappa shape index (κ3) is 3.84. The number of para-hydroxylation sites is 1. The first-order chi connectivity index (χ1) is 9.27. The molecule has 2 N–H and O–H groups in total. The van der Waals surface area contributed by atoms with E-state index in [0.717, 1.165) is 10.9 Å².